The fraction of sp³-hybridized carbons (Fsp3) is 0.357. The number of morpholine rings is 1. The minimum absolute atomic E-state index is 0.0181. The first-order valence-corrected chi connectivity index (χ1v) is 6.14. The van der Waals surface area contributed by atoms with Gasteiger partial charge in [-0.3, -0.25) is 4.79 Å². The van der Waals surface area contributed by atoms with Crippen molar-refractivity contribution in [1.29, 1.82) is 0 Å². The minimum atomic E-state index is 0.0181. The fourth-order valence-electron chi connectivity index (χ4n) is 2.25. The molecule has 2 heterocycles. The average molecular weight is 245 g/mol. The van der Waals surface area contributed by atoms with Crippen molar-refractivity contribution in [3.05, 3.63) is 41.6 Å². The molecule has 1 fully saturated rings. The van der Waals surface area contributed by atoms with Crippen molar-refractivity contribution in [1.82, 2.24) is 4.90 Å². The molecule has 1 saturated heterocycles. The molecule has 0 unspecified atom stereocenters. The predicted octanol–water partition coefficient (Wildman–Crippen LogP) is 1.48. The third-order valence-corrected chi connectivity index (χ3v) is 3.24. The monoisotopic (exact) mass is 245 g/mol. The quantitative estimate of drug-likeness (QED) is 0.751. The average Bonchev–Trinajstić information content (AvgIpc) is 2.60. The van der Waals surface area contributed by atoms with E-state index in [2.05, 4.69) is 4.90 Å². The summed E-state index contributed by atoms with van der Waals surface area (Å²) in [7, 11) is 0. The van der Waals surface area contributed by atoms with Crippen molar-refractivity contribution in [3.8, 4) is 5.75 Å². The summed E-state index contributed by atoms with van der Waals surface area (Å²) in [5.74, 6) is 0.687. The Hall–Kier alpha value is -1.81. The summed E-state index contributed by atoms with van der Waals surface area (Å²) in [6.07, 6.45) is 1.69. The molecule has 0 aromatic heterocycles. The van der Waals surface area contributed by atoms with E-state index in [9.17, 15) is 4.79 Å². The van der Waals surface area contributed by atoms with Gasteiger partial charge in [0.15, 0.2) is 5.78 Å². The Morgan fingerprint density at radius 2 is 1.89 bits per heavy atom. The van der Waals surface area contributed by atoms with Gasteiger partial charge in [0.2, 0.25) is 0 Å². The highest BCUT2D eigenvalue weighted by molar-refractivity contribution is 6.07. The largest absolute Gasteiger partial charge is 0.487 e. The number of para-hydroxylation sites is 1. The molecule has 0 spiro atoms. The maximum atomic E-state index is 12.1. The van der Waals surface area contributed by atoms with Crippen LogP contribution in [-0.2, 0) is 4.74 Å². The number of benzene rings is 1. The molecular weight excluding hydrogens is 230 g/mol. The lowest BCUT2D eigenvalue weighted by molar-refractivity contribution is 0.0491. The molecule has 4 heteroatoms. The van der Waals surface area contributed by atoms with Gasteiger partial charge in [-0.2, -0.15) is 0 Å². The van der Waals surface area contributed by atoms with E-state index >= 15 is 0 Å². The Labute approximate surface area is 106 Å². The Morgan fingerprint density at radius 3 is 2.72 bits per heavy atom. The number of ketones is 1. The van der Waals surface area contributed by atoms with Crippen molar-refractivity contribution in [3.63, 3.8) is 0 Å². The van der Waals surface area contributed by atoms with Gasteiger partial charge in [0, 0.05) is 19.2 Å². The molecule has 0 atom stereocenters. The van der Waals surface area contributed by atoms with E-state index in [1.165, 1.54) is 0 Å². The molecule has 18 heavy (non-hydrogen) atoms. The zero-order chi connectivity index (χ0) is 12.4. The SMILES string of the molecule is O=C1C=C(N2CCOCC2)COc2ccccc21. The Kier molecular flexibility index (Phi) is 3.02. The predicted molar refractivity (Wildman–Crippen MR) is 66.7 cm³/mol. The van der Waals surface area contributed by atoms with Gasteiger partial charge in [0.25, 0.3) is 0 Å². The highest BCUT2D eigenvalue weighted by Crippen LogP contribution is 2.24. The summed E-state index contributed by atoms with van der Waals surface area (Å²) in [5, 5.41) is 0. The highest BCUT2D eigenvalue weighted by atomic mass is 16.5. The van der Waals surface area contributed by atoms with Gasteiger partial charge >= 0.3 is 0 Å². The van der Waals surface area contributed by atoms with E-state index in [0.717, 1.165) is 18.8 Å². The molecule has 4 nitrogen and oxygen atoms in total. The van der Waals surface area contributed by atoms with Crippen LogP contribution in [0.15, 0.2) is 36.0 Å². The zero-order valence-corrected chi connectivity index (χ0v) is 10.1. The zero-order valence-electron chi connectivity index (χ0n) is 10.1. The van der Waals surface area contributed by atoms with Crippen molar-refractivity contribution in [2.24, 2.45) is 0 Å². The third-order valence-electron chi connectivity index (χ3n) is 3.24. The smallest absolute Gasteiger partial charge is 0.191 e. The molecule has 2 aliphatic heterocycles. The van der Waals surface area contributed by atoms with Crippen LogP contribution in [0, 0.1) is 0 Å². The molecule has 0 saturated carbocycles. The number of hydrogen-bond donors (Lipinski definition) is 0. The molecule has 2 aliphatic rings. The third kappa shape index (κ3) is 2.11. The van der Waals surface area contributed by atoms with Gasteiger partial charge in [-0.25, -0.2) is 0 Å². The van der Waals surface area contributed by atoms with Crippen LogP contribution in [0.25, 0.3) is 0 Å². The standard InChI is InChI=1S/C14H15NO3/c16-13-9-11(15-5-7-17-8-6-15)10-18-14-4-2-1-3-12(13)14/h1-4,9H,5-8,10H2. The molecule has 1 aromatic rings. The minimum Gasteiger partial charge on any atom is -0.487 e. The molecule has 1 aromatic carbocycles. The van der Waals surface area contributed by atoms with Gasteiger partial charge in [-0.05, 0) is 12.1 Å². The molecule has 3 rings (SSSR count). The topological polar surface area (TPSA) is 38.8 Å². The van der Waals surface area contributed by atoms with Crippen LogP contribution in [0.5, 0.6) is 5.75 Å². The Morgan fingerprint density at radius 1 is 1.11 bits per heavy atom. The van der Waals surface area contributed by atoms with Gasteiger partial charge in [0.1, 0.15) is 12.4 Å². The van der Waals surface area contributed by atoms with Gasteiger partial charge in [-0.1, -0.05) is 12.1 Å². The maximum absolute atomic E-state index is 12.1. The van der Waals surface area contributed by atoms with E-state index in [1.54, 1.807) is 12.1 Å². The summed E-state index contributed by atoms with van der Waals surface area (Å²) < 4.78 is 11.0. The second-order valence-corrected chi connectivity index (χ2v) is 4.38. The van der Waals surface area contributed by atoms with E-state index in [0.29, 0.717) is 31.1 Å². The lowest BCUT2D eigenvalue weighted by Gasteiger charge is -2.30. The summed E-state index contributed by atoms with van der Waals surface area (Å²) in [5.41, 5.74) is 1.58. The van der Waals surface area contributed by atoms with Crippen LogP contribution in [0.1, 0.15) is 10.4 Å². The number of nitrogens with zero attached hydrogens (tertiary/aromatic N) is 1. The number of allylic oxidation sites excluding steroid dienone is 1. The Bertz CT molecular complexity index is 490. The van der Waals surface area contributed by atoms with Crippen LogP contribution in [0.4, 0.5) is 0 Å². The van der Waals surface area contributed by atoms with E-state index < -0.39 is 0 Å². The van der Waals surface area contributed by atoms with Crippen molar-refractivity contribution >= 4 is 5.78 Å². The maximum Gasteiger partial charge on any atom is 0.191 e. The van der Waals surface area contributed by atoms with Crippen LogP contribution in [0.3, 0.4) is 0 Å². The molecule has 0 bridgehead atoms. The summed E-state index contributed by atoms with van der Waals surface area (Å²) in [6, 6.07) is 7.37. The number of ether oxygens (including phenoxy) is 2. The molecule has 0 radical (unpaired) electrons. The number of rotatable bonds is 1. The van der Waals surface area contributed by atoms with Crippen molar-refractivity contribution in [2.75, 3.05) is 32.9 Å². The summed E-state index contributed by atoms with van der Waals surface area (Å²) >= 11 is 0. The lowest BCUT2D eigenvalue weighted by Crippen LogP contribution is -2.37. The summed E-state index contributed by atoms with van der Waals surface area (Å²) in [6.45, 7) is 3.50. The molecule has 0 aliphatic carbocycles. The first-order valence-electron chi connectivity index (χ1n) is 6.14. The number of hydrogen-bond acceptors (Lipinski definition) is 4. The first-order chi connectivity index (χ1) is 8.84. The van der Waals surface area contributed by atoms with Crippen LogP contribution < -0.4 is 4.74 Å². The second kappa shape index (κ2) is 4.82. The highest BCUT2D eigenvalue weighted by Gasteiger charge is 2.20. The van der Waals surface area contributed by atoms with E-state index in [1.807, 2.05) is 18.2 Å². The number of fused-ring (bicyclic) bond motifs is 1. The Balaban J connectivity index is 1.86. The lowest BCUT2D eigenvalue weighted by atomic mass is 10.1. The normalized spacial score (nSPS) is 19.7. The summed E-state index contributed by atoms with van der Waals surface area (Å²) in [4.78, 5) is 14.3. The number of carbonyl (C=O) groups is 1. The van der Waals surface area contributed by atoms with Crippen molar-refractivity contribution in [2.45, 2.75) is 0 Å². The van der Waals surface area contributed by atoms with E-state index in [-0.39, 0.29) is 5.78 Å². The van der Waals surface area contributed by atoms with Gasteiger partial charge in [-0.15, -0.1) is 0 Å². The van der Waals surface area contributed by atoms with E-state index in [4.69, 9.17) is 9.47 Å². The molecule has 94 valence electrons. The van der Waals surface area contributed by atoms with Gasteiger partial charge < -0.3 is 14.4 Å². The molecule has 0 N–H and O–H groups in total. The molecule has 0 amide bonds. The molecular formula is C14H15NO3. The van der Waals surface area contributed by atoms with Crippen LogP contribution >= 0.6 is 0 Å². The second-order valence-electron chi connectivity index (χ2n) is 4.38. The van der Waals surface area contributed by atoms with Gasteiger partial charge in [0.05, 0.1) is 24.5 Å². The first kappa shape index (κ1) is 11.3. The number of carbonyl (C=O) groups excluding carboxylic acids is 1. The van der Waals surface area contributed by atoms with Crippen LogP contribution in [0.2, 0.25) is 0 Å². The fourth-order valence-corrected chi connectivity index (χ4v) is 2.25. The van der Waals surface area contributed by atoms with Crippen LogP contribution in [-0.4, -0.2) is 43.6 Å². The van der Waals surface area contributed by atoms with Crippen molar-refractivity contribution < 1.29 is 14.3 Å².